The summed E-state index contributed by atoms with van der Waals surface area (Å²) in [5, 5.41) is 4.44. The van der Waals surface area contributed by atoms with E-state index >= 15 is 0 Å². The van der Waals surface area contributed by atoms with Crippen molar-refractivity contribution in [2.45, 2.75) is 19.3 Å². The highest BCUT2D eigenvalue weighted by Gasteiger charge is 2.46. The van der Waals surface area contributed by atoms with E-state index in [1.165, 1.54) is 44.3 Å². The van der Waals surface area contributed by atoms with Gasteiger partial charge in [0.1, 0.15) is 22.3 Å². The molecule has 5 heteroatoms. The Labute approximate surface area is 499 Å². The summed E-state index contributed by atoms with van der Waals surface area (Å²) in [5.41, 5.74) is 30.0. The highest BCUT2D eigenvalue weighted by atomic mass is 16.3. The van der Waals surface area contributed by atoms with Crippen molar-refractivity contribution in [2.24, 2.45) is 0 Å². The van der Waals surface area contributed by atoms with Gasteiger partial charge in [-0.05, 0) is 133 Å². The third-order valence-electron chi connectivity index (χ3n) is 18.9. The molecule has 0 N–H and O–H groups in total. The van der Waals surface area contributed by atoms with Crippen molar-refractivity contribution in [3.63, 3.8) is 0 Å². The van der Waals surface area contributed by atoms with Crippen molar-refractivity contribution in [3.8, 4) is 66.8 Å². The second-order valence-electron chi connectivity index (χ2n) is 23.9. The molecule has 13 aromatic carbocycles. The highest BCUT2D eigenvalue weighted by molar-refractivity contribution is 7.00. The second-order valence-corrected chi connectivity index (χ2v) is 23.9. The van der Waals surface area contributed by atoms with Crippen LogP contribution in [0.4, 0.5) is 34.1 Å². The van der Waals surface area contributed by atoms with E-state index in [-0.39, 0.29) is 6.71 Å². The van der Waals surface area contributed by atoms with Crippen LogP contribution in [0.1, 0.15) is 25.0 Å². The Kier molecular flexibility index (Phi) is 10.5. The molecule has 0 saturated heterocycles. The van der Waals surface area contributed by atoms with Crippen LogP contribution >= 0.6 is 0 Å². The Hall–Kier alpha value is -10.9. The Balaban J connectivity index is 0.990. The third-order valence-corrected chi connectivity index (χ3v) is 18.9. The lowest BCUT2D eigenvalue weighted by molar-refractivity contribution is 0.641. The van der Waals surface area contributed by atoms with Crippen molar-refractivity contribution in [1.29, 1.82) is 0 Å². The monoisotopic (exact) mass is 1100 g/mol. The van der Waals surface area contributed by atoms with E-state index in [2.05, 4.69) is 297 Å². The quantitative estimate of drug-likeness (QED) is 0.155. The number of anilines is 6. The zero-order valence-corrected chi connectivity index (χ0v) is 47.4. The first-order chi connectivity index (χ1) is 42.4. The van der Waals surface area contributed by atoms with Crippen molar-refractivity contribution in [1.82, 2.24) is 0 Å². The van der Waals surface area contributed by atoms with E-state index in [1.807, 2.05) is 12.1 Å². The second kappa shape index (κ2) is 18.6. The van der Waals surface area contributed by atoms with Gasteiger partial charge >= 0.3 is 0 Å². The number of hydrogen-bond donors (Lipinski definition) is 0. The molecule has 4 bridgehead atoms. The van der Waals surface area contributed by atoms with Crippen LogP contribution in [0.5, 0.6) is 0 Å². The van der Waals surface area contributed by atoms with Crippen LogP contribution in [0, 0.1) is 0 Å². The van der Waals surface area contributed by atoms with Crippen LogP contribution in [-0.4, -0.2) is 6.71 Å². The molecule has 4 aliphatic rings. The van der Waals surface area contributed by atoms with Crippen molar-refractivity contribution in [2.75, 3.05) is 9.80 Å². The summed E-state index contributed by atoms with van der Waals surface area (Å²) in [6, 6.07) is 106. The van der Waals surface area contributed by atoms with Crippen molar-refractivity contribution in [3.05, 3.63) is 296 Å². The average Bonchev–Trinajstić information content (AvgIpc) is 0.743. The molecule has 4 nitrogen and oxygen atoms in total. The fourth-order valence-corrected chi connectivity index (χ4v) is 14.6. The first-order valence-electron chi connectivity index (χ1n) is 29.8. The molecule has 402 valence electrons. The van der Waals surface area contributed by atoms with E-state index in [0.29, 0.717) is 0 Å². The number of nitrogens with zero attached hydrogens (tertiary/aromatic N) is 2. The Bertz CT molecular complexity index is 5220. The highest BCUT2D eigenvalue weighted by Crippen LogP contribution is 2.55. The van der Waals surface area contributed by atoms with Crippen LogP contribution in [-0.2, 0) is 5.41 Å². The molecule has 0 saturated carbocycles. The van der Waals surface area contributed by atoms with E-state index in [4.69, 9.17) is 8.83 Å². The number of benzene rings is 13. The van der Waals surface area contributed by atoms with Gasteiger partial charge in [-0.3, -0.25) is 0 Å². The molecule has 0 aliphatic carbocycles. The fourth-order valence-electron chi connectivity index (χ4n) is 14.6. The summed E-state index contributed by atoms with van der Waals surface area (Å²) in [5.74, 6) is 0. The van der Waals surface area contributed by atoms with E-state index in [0.717, 1.165) is 128 Å². The molecule has 0 fully saturated rings. The van der Waals surface area contributed by atoms with Gasteiger partial charge in [0.05, 0.1) is 11.4 Å². The van der Waals surface area contributed by atoms with E-state index in [1.54, 1.807) is 0 Å². The molecule has 15 aromatic rings. The van der Waals surface area contributed by atoms with Gasteiger partial charge in [-0.1, -0.05) is 238 Å². The lowest BCUT2D eigenvalue weighted by atomic mass is 9.33. The van der Waals surface area contributed by atoms with E-state index < -0.39 is 5.41 Å². The summed E-state index contributed by atoms with van der Waals surface area (Å²) in [7, 11) is 0. The molecule has 2 aromatic heterocycles. The van der Waals surface area contributed by atoms with Gasteiger partial charge in [0, 0.05) is 72.0 Å². The van der Waals surface area contributed by atoms with Crippen LogP contribution in [0.3, 0.4) is 0 Å². The zero-order chi connectivity index (χ0) is 56.8. The minimum Gasteiger partial charge on any atom is -0.456 e. The maximum atomic E-state index is 6.44. The first-order valence-corrected chi connectivity index (χ1v) is 29.8. The zero-order valence-electron chi connectivity index (χ0n) is 47.4. The molecule has 0 atom stereocenters. The Morgan fingerprint density at radius 3 is 1.08 bits per heavy atom. The van der Waals surface area contributed by atoms with Crippen molar-refractivity contribution < 1.29 is 8.83 Å². The van der Waals surface area contributed by atoms with Gasteiger partial charge < -0.3 is 18.6 Å². The fraction of sp³-hybridized carbons (Fsp3) is 0.0370. The standard InChI is InChI=1S/C81H53BN2O2/c1-81(2)58-38-32-53(33-39-58)63-29-17-28-62(52-22-10-5-11-23-52)80(63)84-71-47-57(55-37-43-77-67(45-55)65-25-13-15-31-75(65)86-77)35-41-69(71)82-68-40-34-56(54-36-42-76-66(44-54)64-24-12-14-30-74(64)85-76)46-70(68)83(72-48-59(81)49-73(84)78(72)82)79-60(50-18-6-3-7-19-50)26-16-27-61(79)51-20-8-4-9-21-51/h3-49H,1-2H3. The van der Waals surface area contributed by atoms with Crippen LogP contribution < -0.4 is 26.2 Å². The largest absolute Gasteiger partial charge is 0.456 e. The number of fused-ring (bicyclic) bond motifs is 12. The van der Waals surface area contributed by atoms with Gasteiger partial charge in [0.25, 0.3) is 6.71 Å². The normalized spacial score (nSPS) is 13.5. The molecular formula is C81H53BN2O2. The molecule has 0 unspecified atom stereocenters. The van der Waals surface area contributed by atoms with Crippen molar-refractivity contribution >= 4 is 101 Å². The SMILES string of the molecule is CC1(C)c2ccc(cc2)-c2cccc(-c3ccccc3)c2N2c3cc(-c4ccc5oc6ccccc6c5c4)ccc3B3c4ccc(-c5ccc6oc7ccccc7c6c5)cc4N(c4c(-c5ccccc5)cccc4-c4ccccc4)c4cc1cc2c43. The predicted octanol–water partition coefficient (Wildman–Crippen LogP) is 20.2. The topological polar surface area (TPSA) is 32.8 Å². The van der Waals surface area contributed by atoms with Gasteiger partial charge in [0.2, 0.25) is 0 Å². The van der Waals surface area contributed by atoms with Gasteiger partial charge in [-0.15, -0.1) is 0 Å². The number of para-hydroxylation sites is 4. The van der Waals surface area contributed by atoms with E-state index in [9.17, 15) is 0 Å². The molecule has 0 amide bonds. The van der Waals surface area contributed by atoms with Crippen LogP contribution in [0.15, 0.2) is 294 Å². The number of hydrogen-bond acceptors (Lipinski definition) is 4. The molecule has 19 rings (SSSR count). The minimum atomic E-state index is -0.438. The Morgan fingerprint density at radius 1 is 0.279 bits per heavy atom. The van der Waals surface area contributed by atoms with Gasteiger partial charge in [0.15, 0.2) is 0 Å². The lowest BCUT2D eigenvalue weighted by Gasteiger charge is -2.46. The third kappa shape index (κ3) is 7.25. The maximum Gasteiger partial charge on any atom is 0.252 e. The summed E-state index contributed by atoms with van der Waals surface area (Å²) >= 11 is 0. The lowest BCUT2D eigenvalue weighted by Crippen LogP contribution is -2.61. The average molecular weight is 1100 g/mol. The summed E-state index contributed by atoms with van der Waals surface area (Å²) < 4.78 is 12.9. The predicted molar refractivity (Wildman–Crippen MR) is 360 cm³/mol. The van der Waals surface area contributed by atoms with Crippen LogP contribution in [0.25, 0.3) is 111 Å². The van der Waals surface area contributed by atoms with Gasteiger partial charge in [-0.2, -0.15) is 0 Å². The molecule has 4 aliphatic heterocycles. The smallest absolute Gasteiger partial charge is 0.252 e. The Morgan fingerprint density at radius 2 is 0.640 bits per heavy atom. The summed E-state index contributed by atoms with van der Waals surface area (Å²) in [4.78, 5) is 5.33. The number of furan rings is 2. The first kappa shape index (κ1) is 48.6. The number of rotatable bonds is 6. The maximum absolute atomic E-state index is 6.44. The molecule has 86 heavy (non-hydrogen) atoms. The summed E-state index contributed by atoms with van der Waals surface area (Å²) in [6.45, 7) is 4.64. The van der Waals surface area contributed by atoms with Crippen LogP contribution in [0.2, 0.25) is 0 Å². The molecule has 6 heterocycles. The summed E-state index contributed by atoms with van der Waals surface area (Å²) in [6.07, 6.45) is 0. The minimum absolute atomic E-state index is 0.173. The molecule has 0 radical (unpaired) electrons. The molecule has 0 spiro atoms. The van der Waals surface area contributed by atoms with Gasteiger partial charge in [-0.25, -0.2) is 0 Å². The molecular weight excluding hydrogens is 1040 g/mol.